The van der Waals surface area contributed by atoms with Gasteiger partial charge in [0.2, 0.25) is 11.8 Å². The highest BCUT2D eigenvalue weighted by Crippen LogP contribution is 2.38. The summed E-state index contributed by atoms with van der Waals surface area (Å²) in [7, 11) is 1.57. The van der Waals surface area contributed by atoms with E-state index in [1.807, 2.05) is 38.2 Å². The number of amides is 1. The molecule has 10 nitrogen and oxygen atoms in total. The van der Waals surface area contributed by atoms with Crippen LogP contribution in [0.25, 0.3) is 33.3 Å². The number of H-pyrrole nitrogens is 1. The lowest BCUT2D eigenvalue weighted by atomic mass is 9.84. The summed E-state index contributed by atoms with van der Waals surface area (Å²) in [5.41, 5.74) is 4.84. The molecule has 0 spiro atoms. The van der Waals surface area contributed by atoms with Crippen molar-refractivity contribution in [2.45, 2.75) is 51.7 Å². The Bertz CT molecular complexity index is 1750. The number of benzene rings is 2. The van der Waals surface area contributed by atoms with Crippen LogP contribution < -0.4 is 15.4 Å². The highest BCUT2D eigenvalue weighted by molar-refractivity contribution is 6.33. The van der Waals surface area contributed by atoms with Gasteiger partial charge in [-0.15, -0.1) is 0 Å². The quantitative estimate of drug-likeness (QED) is 0.181. The molecule has 0 aliphatic heterocycles. The van der Waals surface area contributed by atoms with Crippen molar-refractivity contribution in [2.75, 3.05) is 12.4 Å². The zero-order valence-electron chi connectivity index (χ0n) is 23.0. The number of fused-ring (bicyclic) bond motifs is 2. The number of aliphatic hydroxyl groups is 1. The van der Waals surface area contributed by atoms with Crippen molar-refractivity contribution in [1.29, 1.82) is 0 Å². The van der Waals surface area contributed by atoms with Crippen LogP contribution in [0.4, 0.5) is 11.6 Å². The average Bonchev–Trinajstić information content (AvgIpc) is 3.56. The Morgan fingerprint density at radius 2 is 2.05 bits per heavy atom. The topological polar surface area (TPSA) is 138 Å². The van der Waals surface area contributed by atoms with E-state index in [1.54, 1.807) is 25.2 Å². The molecule has 1 amide bonds. The standard InChI is InChI=1S/C30H31ClN6O4/c1-15(38)17-5-4-6-20(11-17)41-29-26-21(18-7-10-24-25(13-18)40-16(2)34-24)14-33-27(26)36-30(37-29)35-23-9-8-19(12-22(23)31)28(39)32-3/h7-10,12-15,17,20,38H,4-6,11H2,1-3H3,(H,32,39)(H2,33,35,36,37)/t15-,17?,20?/m0/s1. The van der Waals surface area contributed by atoms with Crippen LogP contribution in [0.1, 0.15) is 48.9 Å². The minimum Gasteiger partial charge on any atom is -0.474 e. The van der Waals surface area contributed by atoms with Crippen molar-refractivity contribution in [2.24, 2.45) is 5.92 Å². The fourth-order valence-corrected chi connectivity index (χ4v) is 5.71. The highest BCUT2D eigenvalue weighted by atomic mass is 35.5. The summed E-state index contributed by atoms with van der Waals surface area (Å²) in [4.78, 5) is 29.2. The third kappa shape index (κ3) is 5.45. The van der Waals surface area contributed by atoms with Crippen LogP contribution in [0.2, 0.25) is 5.02 Å². The number of carbonyl (C=O) groups excluding carboxylic acids is 1. The van der Waals surface area contributed by atoms with Crippen LogP contribution in [-0.4, -0.2) is 50.2 Å². The van der Waals surface area contributed by atoms with Gasteiger partial charge in [0.05, 0.1) is 22.2 Å². The normalized spacial score (nSPS) is 18.0. The van der Waals surface area contributed by atoms with Gasteiger partial charge in [0, 0.05) is 31.3 Å². The van der Waals surface area contributed by atoms with E-state index in [-0.39, 0.29) is 17.9 Å². The maximum absolute atomic E-state index is 12.0. The summed E-state index contributed by atoms with van der Waals surface area (Å²) in [6.45, 7) is 3.66. The summed E-state index contributed by atoms with van der Waals surface area (Å²) >= 11 is 6.50. The fraction of sp³-hybridized carbons (Fsp3) is 0.333. The summed E-state index contributed by atoms with van der Waals surface area (Å²) in [5, 5.41) is 17.1. The Labute approximate surface area is 241 Å². The second-order valence-electron chi connectivity index (χ2n) is 10.5. The Morgan fingerprint density at radius 3 is 2.83 bits per heavy atom. The number of nitrogens with one attached hydrogen (secondary N) is 3. The lowest BCUT2D eigenvalue weighted by molar-refractivity contribution is 0.0484. The summed E-state index contributed by atoms with van der Waals surface area (Å²) in [5.74, 6) is 1.26. The van der Waals surface area contributed by atoms with E-state index in [4.69, 9.17) is 30.7 Å². The lowest BCUT2D eigenvalue weighted by Crippen LogP contribution is -2.31. The molecule has 3 atom stereocenters. The van der Waals surface area contributed by atoms with Crippen molar-refractivity contribution >= 4 is 51.3 Å². The molecule has 2 unspecified atom stereocenters. The SMILES string of the molecule is CNC(=O)c1ccc(Nc2nc(OC3CCCC([C@H](C)O)C3)c3c(-c4ccc5nc(C)oc5c4)c[nH]c3n2)c(Cl)c1. The van der Waals surface area contributed by atoms with Crippen molar-refractivity contribution in [1.82, 2.24) is 25.3 Å². The summed E-state index contributed by atoms with van der Waals surface area (Å²) in [6.07, 6.45) is 4.92. The van der Waals surface area contributed by atoms with E-state index < -0.39 is 6.10 Å². The zero-order valence-corrected chi connectivity index (χ0v) is 23.7. The number of aliphatic hydroxyl groups excluding tert-OH is 1. The first-order valence-corrected chi connectivity index (χ1v) is 14.1. The summed E-state index contributed by atoms with van der Waals surface area (Å²) in [6, 6.07) is 10.8. The molecule has 1 aliphatic rings. The second-order valence-corrected chi connectivity index (χ2v) is 10.9. The molecule has 0 saturated heterocycles. The number of anilines is 2. The van der Waals surface area contributed by atoms with Crippen LogP contribution in [0.5, 0.6) is 5.88 Å². The Morgan fingerprint density at radius 1 is 1.20 bits per heavy atom. The number of aromatic amines is 1. The third-order valence-electron chi connectivity index (χ3n) is 7.64. The van der Waals surface area contributed by atoms with E-state index in [0.717, 1.165) is 47.7 Å². The molecule has 6 rings (SSSR count). The van der Waals surface area contributed by atoms with E-state index in [0.29, 0.717) is 45.2 Å². The molecule has 5 aromatic rings. The predicted molar refractivity (Wildman–Crippen MR) is 158 cm³/mol. The minimum absolute atomic E-state index is 0.105. The van der Waals surface area contributed by atoms with E-state index >= 15 is 0 Å². The number of hydrogen-bond acceptors (Lipinski definition) is 8. The smallest absolute Gasteiger partial charge is 0.251 e. The molecule has 1 fully saturated rings. The van der Waals surface area contributed by atoms with Gasteiger partial charge in [-0.3, -0.25) is 4.79 Å². The van der Waals surface area contributed by atoms with Gasteiger partial charge >= 0.3 is 0 Å². The molecule has 3 aromatic heterocycles. The first-order valence-electron chi connectivity index (χ1n) is 13.7. The van der Waals surface area contributed by atoms with E-state index in [2.05, 4.69) is 20.6 Å². The van der Waals surface area contributed by atoms with Gasteiger partial charge in [0.1, 0.15) is 17.3 Å². The number of ether oxygens (including phenoxy) is 1. The second kappa shape index (κ2) is 11.0. The van der Waals surface area contributed by atoms with Crippen LogP contribution in [-0.2, 0) is 0 Å². The predicted octanol–water partition coefficient (Wildman–Crippen LogP) is 6.15. The number of aromatic nitrogens is 4. The number of nitrogens with zero attached hydrogens (tertiary/aromatic N) is 3. The van der Waals surface area contributed by atoms with Crippen LogP contribution >= 0.6 is 11.6 Å². The number of rotatable bonds is 7. The first kappa shape index (κ1) is 27.0. The van der Waals surface area contributed by atoms with Crippen molar-refractivity contribution in [3.05, 3.63) is 59.1 Å². The number of oxazole rings is 1. The average molecular weight is 575 g/mol. The molecule has 4 N–H and O–H groups in total. The molecular formula is C30H31ClN6O4. The Balaban J connectivity index is 1.41. The number of hydrogen-bond donors (Lipinski definition) is 4. The van der Waals surface area contributed by atoms with Gasteiger partial charge < -0.3 is 29.9 Å². The zero-order chi connectivity index (χ0) is 28.7. The monoisotopic (exact) mass is 574 g/mol. The summed E-state index contributed by atoms with van der Waals surface area (Å²) < 4.78 is 12.4. The van der Waals surface area contributed by atoms with Crippen LogP contribution in [0.15, 0.2) is 47.0 Å². The van der Waals surface area contributed by atoms with Gasteiger partial charge in [-0.25, -0.2) is 4.98 Å². The van der Waals surface area contributed by atoms with E-state index in [9.17, 15) is 9.90 Å². The van der Waals surface area contributed by atoms with Crippen LogP contribution in [0.3, 0.4) is 0 Å². The minimum atomic E-state index is -0.399. The molecule has 212 valence electrons. The van der Waals surface area contributed by atoms with Gasteiger partial charge in [0.15, 0.2) is 11.5 Å². The molecule has 1 saturated carbocycles. The molecule has 41 heavy (non-hydrogen) atoms. The molecule has 11 heteroatoms. The van der Waals surface area contributed by atoms with E-state index in [1.165, 1.54) is 0 Å². The molecular weight excluding hydrogens is 544 g/mol. The van der Waals surface area contributed by atoms with Gasteiger partial charge in [-0.2, -0.15) is 9.97 Å². The molecule has 0 radical (unpaired) electrons. The van der Waals surface area contributed by atoms with Gasteiger partial charge in [0.25, 0.3) is 5.91 Å². The fourth-order valence-electron chi connectivity index (χ4n) is 5.48. The van der Waals surface area contributed by atoms with Crippen molar-refractivity contribution < 1.29 is 19.1 Å². The lowest BCUT2D eigenvalue weighted by Gasteiger charge is -2.31. The maximum atomic E-state index is 12.0. The Kier molecular flexibility index (Phi) is 7.27. The van der Waals surface area contributed by atoms with Gasteiger partial charge in [-0.05, 0) is 74.4 Å². The Hall–Kier alpha value is -4.15. The first-order chi connectivity index (χ1) is 19.8. The third-order valence-corrected chi connectivity index (χ3v) is 7.95. The molecule has 2 aromatic carbocycles. The molecule has 0 bridgehead atoms. The maximum Gasteiger partial charge on any atom is 0.251 e. The van der Waals surface area contributed by atoms with Crippen molar-refractivity contribution in [3.8, 4) is 17.0 Å². The van der Waals surface area contributed by atoms with Gasteiger partial charge in [-0.1, -0.05) is 17.7 Å². The van der Waals surface area contributed by atoms with Crippen LogP contribution in [0, 0.1) is 12.8 Å². The number of aryl methyl sites for hydroxylation is 1. The largest absolute Gasteiger partial charge is 0.474 e. The molecule has 1 aliphatic carbocycles. The number of carbonyl (C=O) groups is 1. The highest BCUT2D eigenvalue weighted by Gasteiger charge is 2.28. The molecule has 3 heterocycles. The number of halogens is 1. The van der Waals surface area contributed by atoms with Crippen molar-refractivity contribution in [3.63, 3.8) is 0 Å².